The minimum absolute atomic E-state index is 0.0363. The Morgan fingerprint density at radius 2 is 2.67 bits per heavy atom. The summed E-state index contributed by atoms with van der Waals surface area (Å²) in [4.78, 5) is 15.4. The minimum Gasteiger partial charge on any atom is -0.353 e. The molecule has 1 atom stereocenters. The fourth-order valence-electron chi connectivity index (χ4n) is 1.33. The summed E-state index contributed by atoms with van der Waals surface area (Å²) >= 11 is 1.74. The molecule has 0 radical (unpaired) electrons. The standard InChI is InChI=1S/C8H13N5OS/c14-8(7-3-15-6-11-7)10-1-2-13-5-9-4-12-13/h4-5,7,11H,1-3,6H2,(H,10,14). The van der Waals surface area contributed by atoms with E-state index in [9.17, 15) is 4.79 Å². The lowest BCUT2D eigenvalue weighted by Crippen LogP contribution is -2.43. The van der Waals surface area contributed by atoms with Crippen LogP contribution in [0.4, 0.5) is 0 Å². The number of carbonyl (C=O) groups is 1. The van der Waals surface area contributed by atoms with Crippen LogP contribution >= 0.6 is 11.8 Å². The molecule has 1 aliphatic heterocycles. The Morgan fingerprint density at radius 3 is 3.33 bits per heavy atom. The Hall–Kier alpha value is -1.08. The highest BCUT2D eigenvalue weighted by Gasteiger charge is 2.21. The van der Waals surface area contributed by atoms with Gasteiger partial charge in [-0.25, -0.2) is 4.98 Å². The van der Waals surface area contributed by atoms with Crippen LogP contribution < -0.4 is 10.6 Å². The lowest BCUT2D eigenvalue weighted by atomic mass is 10.3. The molecule has 7 heteroatoms. The van der Waals surface area contributed by atoms with Gasteiger partial charge in [0.15, 0.2) is 0 Å². The van der Waals surface area contributed by atoms with E-state index in [0.717, 1.165) is 11.6 Å². The average Bonchev–Trinajstić information content (AvgIpc) is 2.90. The number of hydrogen-bond acceptors (Lipinski definition) is 5. The average molecular weight is 227 g/mol. The summed E-state index contributed by atoms with van der Waals surface area (Å²) < 4.78 is 1.69. The van der Waals surface area contributed by atoms with Gasteiger partial charge in [0, 0.05) is 18.2 Å². The molecule has 1 saturated heterocycles. The number of aromatic nitrogens is 3. The molecule has 1 aliphatic rings. The zero-order valence-electron chi connectivity index (χ0n) is 8.22. The maximum atomic E-state index is 11.5. The predicted molar refractivity (Wildman–Crippen MR) is 57.3 cm³/mol. The van der Waals surface area contributed by atoms with E-state index in [0.29, 0.717) is 13.1 Å². The molecule has 0 spiro atoms. The van der Waals surface area contributed by atoms with Crippen LogP contribution in [-0.4, -0.2) is 44.9 Å². The van der Waals surface area contributed by atoms with E-state index in [1.165, 1.54) is 6.33 Å². The number of amides is 1. The number of nitrogens with one attached hydrogen (secondary N) is 2. The second-order valence-corrected chi connectivity index (χ2v) is 4.25. The van der Waals surface area contributed by atoms with Crippen molar-refractivity contribution in [2.75, 3.05) is 18.2 Å². The van der Waals surface area contributed by atoms with Crippen molar-refractivity contribution in [3.05, 3.63) is 12.7 Å². The van der Waals surface area contributed by atoms with Gasteiger partial charge in [0.25, 0.3) is 0 Å². The molecule has 1 aromatic rings. The van der Waals surface area contributed by atoms with E-state index < -0.39 is 0 Å². The molecule has 2 rings (SSSR count). The number of hydrogen-bond donors (Lipinski definition) is 2. The number of rotatable bonds is 4. The highest BCUT2D eigenvalue weighted by Crippen LogP contribution is 2.08. The van der Waals surface area contributed by atoms with Gasteiger partial charge in [-0.2, -0.15) is 5.10 Å². The SMILES string of the molecule is O=C(NCCn1cncn1)C1CSCN1. The summed E-state index contributed by atoms with van der Waals surface area (Å²) in [6, 6.07) is -0.0363. The first-order valence-electron chi connectivity index (χ1n) is 4.77. The molecule has 1 amide bonds. The second-order valence-electron chi connectivity index (χ2n) is 3.22. The van der Waals surface area contributed by atoms with Crippen molar-refractivity contribution >= 4 is 17.7 Å². The zero-order valence-corrected chi connectivity index (χ0v) is 9.04. The zero-order chi connectivity index (χ0) is 10.5. The highest BCUT2D eigenvalue weighted by atomic mass is 32.2. The van der Waals surface area contributed by atoms with Crippen molar-refractivity contribution < 1.29 is 4.79 Å². The normalized spacial score (nSPS) is 20.4. The van der Waals surface area contributed by atoms with Crippen molar-refractivity contribution in [3.8, 4) is 0 Å². The summed E-state index contributed by atoms with van der Waals surface area (Å²) in [7, 11) is 0. The molecule has 1 unspecified atom stereocenters. The molecular formula is C8H13N5OS. The van der Waals surface area contributed by atoms with Crippen LogP contribution in [0.25, 0.3) is 0 Å². The van der Waals surface area contributed by atoms with Crippen LogP contribution in [0.2, 0.25) is 0 Å². The predicted octanol–water partition coefficient (Wildman–Crippen LogP) is -0.943. The van der Waals surface area contributed by atoms with Crippen LogP contribution in [-0.2, 0) is 11.3 Å². The van der Waals surface area contributed by atoms with Crippen LogP contribution in [0, 0.1) is 0 Å². The summed E-state index contributed by atoms with van der Waals surface area (Å²) in [5, 5.41) is 9.92. The van der Waals surface area contributed by atoms with Crippen molar-refractivity contribution in [1.82, 2.24) is 25.4 Å². The maximum absolute atomic E-state index is 11.5. The van der Waals surface area contributed by atoms with Crippen molar-refractivity contribution in [1.29, 1.82) is 0 Å². The fourth-order valence-corrected chi connectivity index (χ4v) is 2.27. The Balaban J connectivity index is 1.67. The molecule has 0 aliphatic carbocycles. The Labute approximate surface area is 91.8 Å². The first kappa shape index (κ1) is 10.4. The van der Waals surface area contributed by atoms with E-state index >= 15 is 0 Å². The van der Waals surface area contributed by atoms with Gasteiger partial charge >= 0.3 is 0 Å². The van der Waals surface area contributed by atoms with E-state index in [2.05, 4.69) is 20.7 Å². The third-order valence-corrected chi connectivity index (χ3v) is 3.08. The third-order valence-electron chi connectivity index (χ3n) is 2.14. The van der Waals surface area contributed by atoms with Gasteiger partial charge in [-0.15, -0.1) is 11.8 Å². The molecule has 0 aromatic carbocycles. The van der Waals surface area contributed by atoms with Gasteiger partial charge < -0.3 is 5.32 Å². The first-order chi connectivity index (χ1) is 7.36. The molecule has 2 heterocycles. The molecule has 0 saturated carbocycles. The molecule has 0 bridgehead atoms. The molecule has 1 fully saturated rings. The van der Waals surface area contributed by atoms with Gasteiger partial charge in [0.05, 0.1) is 12.6 Å². The van der Waals surface area contributed by atoms with Gasteiger partial charge in [0.1, 0.15) is 12.7 Å². The fraction of sp³-hybridized carbons (Fsp3) is 0.625. The summed E-state index contributed by atoms with van der Waals surface area (Å²) in [6.45, 7) is 1.25. The lowest BCUT2D eigenvalue weighted by Gasteiger charge is -2.09. The van der Waals surface area contributed by atoms with Gasteiger partial charge in [-0.05, 0) is 0 Å². The number of carbonyl (C=O) groups excluding carboxylic acids is 1. The van der Waals surface area contributed by atoms with E-state index in [4.69, 9.17) is 0 Å². The van der Waals surface area contributed by atoms with Gasteiger partial charge in [0.2, 0.25) is 5.91 Å². The molecule has 2 N–H and O–H groups in total. The Morgan fingerprint density at radius 1 is 1.73 bits per heavy atom. The summed E-state index contributed by atoms with van der Waals surface area (Å²) in [6.07, 6.45) is 3.12. The number of thioether (sulfide) groups is 1. The largest absolute Gasteiger partial charge is 0.353 e. The van der Waals surface area contributed by atoms with E-state index in [1.807, 2.05) is 0 Å². The third kappa shape index (κ3) is 2.93. The van der Waals surface area contributed by atoms with Crippen LogP contribution in [0.5, 0.6) is 0 Å². The van der Waals surface area contributed by atoms with E-state index in [1.54, 1.807) is 22.8 Å². The van der Waals surface area contributed by atoms with Gasteiger partial charge in [-0.1, -0.05) is 0 Å². The summed E-state index contributed by atoms with van der Waals surface area (Å²) in [5.41, 5.74) is 0. The Kier molecular flexibility index (Phi) is 3.57. The molecule has 6 nitrogen and oxygen atoms in total. The highest BCUT2D eigenvalue weighted by molar-refractivity contribution is 7.99. The maximum Gasteiger partial charge on any atom is 0.238 e. The van der Waals surface area contributed by atoms with Crippen LogP contribution in [0.3, 0.4) is 0 Å². The summed E-state index contributed by atoms with van der Waals surface area (Å²) in [5.74, 6) is 1.79. The monoisotopic (exact) mass is 227 g/mol. The van der Waals surface area contributed by atoms with E-state index in [-0.39, 0.29) is 11.9 Å². The Bertz CT molecular complexity index is 309. The molecule has 82 valence electrons. The van der Waals surface area contributed by atoms with Crippen molar-refractivity contribution in [3.63, 3.8) is 0 Å². The van der Waals surface area contributed by atoms with Crippen molar-refractivity contribution in [2.45, 2.75) is 12.6 Å². The van der Waals surface area contributed by atoms with Gasteiger partial charge in [-0.3, -0.25) is 14.8 Å². The smallest absolute Gasteiger partial charge is 0.238 e. The molecular weight excluding hydrogens is 214 g/mol. The molecule has 1 aromatic heterocycles. The van der Waals surface area contributed by atoms with Crippen LogP contribution in [0.15, 0.2) is 12.7 Å². The van der Waals surface area contributed by atoms with Crippen molar-refractivity contribution in [2.24, 2.45) is 0 Å². The van der Waals surface area contributed by atoms with Crippen LogP contribution in [0.1, 0.15) is 0 Å². The lowest BCUT2D eigenvalue weighted by molar-refractivity contribution is -0.122. The second kappa shape index (κ2) is 5.13. The minimum atomic E-state index is -0.0363. The molecule has 15 heavy (non-hydrogen) atoms. The number of nitrogens with zero attached hydrogens (tertiary/aromatic N) is 3. The topological polar surface area (TPSA) is 71.8 Å². The first-order valence-corrected chi connectivity index (χ1v) is 5.93. The quantitative estimate of drug-likeness (QED) is 0.694.